The summed E-state index contributed by atoms with van der Waals surface area (Å²) in [5, 5.41) is 5.57. The third-order valence-corrected chi connectivity index (χ3v) is 5.47. The molecule has 1 aliphatic heterocycles. The third kappa shape index (κ3) is 4.43. The fraction of sp³-hybridized carbons (Fsp3) is 0.524. The van der Waals surface area contributed by atoms with Crippen molar-refractivity contribution in [1.82, 2.24) is 10.6 Å². The summed E-state index contributed by atoms with van der Waals surface area (Å²) < 4.78 is 5.80. The number of nitrogens with zero attached hydrogens (tertiary/aromatic N) is 1. The summed E-state index contributed by atoms with van der Waals surface area (Å²) in [5.41, 5.74) is 2.94. The number of amides is 2. The molecule has 2 aliphatic rings. The quantitative estimate of drug-likeness (QED) is 0.795. The minimum absolute atomic E-state index is 0.0385. The number of urea groups is 1. The Hall–Kier alpha value is -2.50. The van der Waals surface area contributed by atoms with Crippen LogP contribution in [-0.2, 0) is 9.53 Å². The van der Waals surface area contributed by atoms with Crippen molar-refractivity contribution >= 4 is 17.7 Å². The molecule has 2 amide bonds. The van der Waals surface area contributed by atoms with E-state index < -0.39 is 6.04 Å². The fourth-order valence-electron chi connectivity index (χ4n) is 3.74. The maximum atomic E-state index is 12.9. The van der Waals surface area contributed by atoms with Gasteiger partial charge in [0.15, 0.2) is 0 Å². The molecule has 0 saturated heterocycles. The van der Waals surface area contributed by atoms with Gasteiger partial charge in [-0.15, -0.1) is 0 Å². The number of carbonyl (C=O) groups is 2. The molecule has 1 aromatic rings. The summed E-state index contributed by atoms with van der Waals surface area (Å²) in [6, 6.07) is 7.01. The third-order valence-electron chi connectivity index (χ3n) is 5.47. The molecule has 27 heavy (non-hydrogen) atoms. The predicted octanol–water partition coefficient (Wildman–Crippen LogP) is 3.50. The van der Waals surface area contributed by atoms with E-state index in [2.05, 4.69) is 17.6 Å². The highest BCUT2D eigenvalue weighted by molar-refractivity contribution is 5.95. The Labute approximate surface area is 161 Å². The molecule has 146 valence electrons. The summed E-state index contributed by atoms with van der Waals surface area (Å²) >= 11 is 0. The number of hydrogen-bond acceptors (Lipinski definition) is 4. The van der Waals surface area contributed by atoms with Crippen LogP contribution in [-0.4, -0.2) is 32.2 Å². The molecule has 0 radical (unpaired) electrons. The van der Waals surface area contributed by atoms with E-state index in [4.69, 9.17) is 4.74 Å². The van der Waals surface area contributed by atoms with Gasteiger partial charge in [-0.3, -0.25) is 0 Å². The van der Waals surface area contributed by atoms with Crippen LogP contribution in [0.2, 0.25) is 0 Å². The number of carbonyl (C=O) groups excluding carboxylic acids is 2. The molecule has 3 rings (SSSR count). The van der Waals surface area contributed by atoms with Gasteiger partial charge in [-0.1, -0.05) is 19.1 Å². The number of ether oxygens (including phenoxy) is 1. The number of nitrogens with one attached hydrogen (secondary N) is 2. The molecule has 0 bridgehead atoms. The zero-order valence-corrected chi connectivity index (χ0v) is 16.5. The monoisotopic (exact) mass is 371 g/mol. The zero-order valence-electron chi connectivity index (χ0n) is 16.5. The molecule has 0 spiro atoms. The van der Waals surface area contributed by atoms with Crippen molar-refractivity contribution in [2.75, 3.05) is 19.0 Å². The number of hydrogen-bond donors (Lipinski definition) is 2. The van der Waals surface area contributed by atoms with E-state index in [0.29, 0.717) is 17.2 Å². The first-order valence-corrected chi connectivity index (χ1v) is 9.61. The van der Waals surface area contributed by atoms with Crippen LogP contribution in [0.1, 0.15) is 51.1 Å². The van der Waals surface area contributed by atoms with Gasteiger partial charge in [0.25, 0.3) is 0 Å². The number of benzene rings is 1. The largest absolute Gasteiger partial charge is 0.459 e. The van der Waals surface area contributed by atoms with Crippen LogP contribution >= 0.6 is 0 Å². The van der Waals surface area contributed by atoms with E-state index in [9.17, 15) is 9.59 Å². The van der Waals surface area contributed by atoms with Crippen molar-refractivity contribution in [3.8, 4) is 0 Å². The lowest BCUT2D eigenvalue weighted by Crippen LogP contribution is -2.45. The molecule has 2 N–H and O–H groups in total. The van der Waals surface area contributed by atoms with Crippen molar-refractivity contribution in [3.05, 3.63) is 41.1 Å². The zero-order chi connectivity index (χ0) is 19.6. The molecular formula is C21H29N3O3. The number of allylic oxidation sites excluding steroid dienone is 1. The summed E-state index contributed by atoms with van der Waals surface area (Å²) in [7, 11) is 3.94. The van der Waals surface area contributed by atoms with E-state index in [0.717, 1.165) is 36.9 Å². The SMILES string of the molecule is CC1=C(C(=O)OC2CCC(C)CC2)C(c2ccc(N(C)C)cc2)NC(=O)N1. The van der Waals surface area contributed by atoms with E-state index >= 15 is 0 Å². The van der Waals surface area contributed by atoms with Crippen LogP contribution in [0.4, 0.5) is 10.5 Å². The smallest absolute Gasteiger partial charge is 0.338 e. The molecule has 6 heteroatoms. The van der Waals surface area contributed by atoms with Crippen molar-refractivity contribution in [2.45, 2.75) is 51.7 Å². The maximum absolute atomic E-state index is 12.9. The van der Waals surface area contributed by atoms with Crippen LogP contribution in [0.5, 0.6) is 0 Å². The second-order valence-electron chi connectivity index (χ2n) is 7.84. The summed E-state index contributed by atoms with van der Waals surface area (Å²) in [5.74, 6) is 0.348. The average Bonchev–Trinajstić information content (AvgIpc) is 2.63. The minimum Gasteiger partial charge on any atom is -0.459 e. The first-order chi connectivity index (χ1) is 12.8. The molecule has 1 fully saturated rings. The van der Waals surface area contributed by atoms with Crippen LogP contribution in [0.25, 0.3) is 0 Å². The molecule has 1 aliphatic carbocycles. The van der Waals surface area contributed by atoms with Gasteiger partial charge in [0.2, 0.25) is 0 Å². The van der Waals surface area contributed by atoms with Gasteiger partial charge in [-0.05, 0) is 56.2 Å². The average molecular weight is 371 g/mol. The van der Waals surface area contributed by atoms with Gasteiger partial charge in [0.05, 0.1) is 11.6 Å². The topological polar surface area (TPSA) is 70.7 Å². The van der Waals surface area contributed by atoms with Crippen molar-refractivity contribution < 1.29 is 14.3 Å². The van der Waals surface area contributed by atoms with Gasteiger partial charge in [-0.25, -0.2) is 9.59 Å². The summed E-state index contributed by atoms with van der Waals surface area (Å²) in [6.45, 7) is 3.98. The predicted molar refractivity (Wildman–Crippen MR) is 105 cm³/mol. The minimum atomic E-state index is -0.509. The van der Waals surface area contributed by atoms with E-state index in [1.807, 2.05) is 43.3 Å². The van der Waals surface area contributed by atoms with Crippen molar-refractivity contribution in [2.24, 2.45) is 5.92 Å². The standard InChI is InChI=1S/C21H29N3O3/c1-13-5-11-17(12-6-13)27-20(25)18-14(2)22-21(26)23-19(18)15-7-9-16(10-8-15)24(3)4/h7-10,13,17,19H,5-6,11-12H2,1-4H3,(H2,22,23,26). The van der Waals surface area contributed by atoms with Gasteiger partial charge >= 0.3 is 12.0 Å². The Kier molecular flexibility index (Phi) is 5.73. The second-order valence-corrected chi connectivity index (χ2v) is 7.84. The lowest BCUT2D eigenvalue weighted by Gasteiger charge is -2.31. The first-order valence-electron chi connectivity index (χ1n) is 9.61. The van der Waals surface area contributed by atoms with Gasteiger partial charge in [0, 0.05) is 25.5 Å². The van der Waals surface area contributed by atoms with Crippen LogP contribution in [0.15, 0.2) is 35.5 Å². The van der Waals surface area contributed by atoms with Gasteiger partial charge in [-0.2, -0.15) is 0 Å². The number of esters is 1. The molecule has 1 unspecified atom stereocenters. The molecule has 1 heterocycles. The van der Waals surface area contributed by atoms with Crippen LogP contribution < -0.4 is 15.5 Å². The Morgan fingerprint density at radius 1 is 1.11 bits per heavy atom. The Balaban J connectivity index is 1.82. The summed E-state index contributed by atoms with van der Waals surface area (Å²) in [4.78, 5) is 27.0. The molecule has 1 atom stereocenters. The first kappa shape index (κ1) is 19.3. The van der Waals surface area contributed by atoms with E-state index in [1.165, 1.54) is 0 Å². The van der Waals surface area contributed by atoms with Gasteiger partial charge in [0.1, 0.15) is 6.10 Å². The number of anilines is 1. The molecule has 0 aromatic heterocycles. The summed E-state index contributed by atoms with van der Waals surface area (Å²) in [6.07, 6.45) is 3.94. The highest BCUT2D eigenvalue weighted by atomic mass is 16.5. The highest BCUT2D eigenvalue weighted by Gasteiger charge is 2.34. The molecule has 1 aromatic carbocycles. The maximum Gasteiger partial charge on any atom is 0.338 e. The number of rotatable bonds is 4. The van der Waals surface area contributed by atoms with Crippen LogP contribution in [0, 0.1) is 5.92 Å². The lowest BCUT2D eigenvalue weighted by atomic mass is 9.89. The van der Waals surface area contributed by atoms with Gasteiger partial charge < -0.3 is 20.3 Å². The van der Waals surface area contributed by atoms with Crippen molar-refractivity contribution in [1.29, 1.82) is 0 Å². The Morgan fingerprint density at radius 3 is 2.33 bits per heavy atom. The second kappa shape index (κ2) is 8.03. The van der Waals surface area contributed by atoms with Crippen molar-refractivity contribution in [3.63, 3.8) is 0 Å². The van der Waals surface area contributed by atoms with E-state index in [1.54, 1.807) is 6.92 Å². The molecule has 6 nitrogen and oxygen atoms in total. The highest BCUT2D eigenvalue weighted by Crippen LogP contribution is 2.31. The molecular weight excluding hydrogens is 342 g/mol. The Morgan fingerprint density at radius 2 is 1.74 bits per heavy atom. The molecule has 1 saturated carbocycles. The normalized spacial score (nSPS) is 25.5. The Bertz CT molecular complexity index is 732. The van der Waals surface area contributed by atoms with E-state index in [-0.39, 0.29) is 18.1 Å². The van der Waals surface area contributed by atoms with Crippen LogP contribution in [0.3, 0.4) is 0 Å². The fourth-order valence-corrected chi connectivity index (χ4v) is 3.74. The lowest BCUT2D eigenvalue weighted by molar-refractivity contribution is -0.146.